The summed E-state index contributed by atoms with van der Waals surface area (Å²) >= 11 is 0. The van der Waals surface area contributed by atoms with Gasteiger partial charge < -0.3 is 14.8 Å². The summed E-state index contributed by atoms with van der Waals surface area (Å²) in [4.78, 5) is 11.0. The summed E-state index contributed by atoms with van der Waals surface area (Å²) in [5.74, 6) is 0.526. The Morgan fingerprint density at radius 2 is 2.00 bits per heavy atom. The highest BCUT2D eigenvalue weighted by Crippen LogP contribution is 2.15. The van der Waals surface area contributed by atoms with Crippen molar-refractivity contribution in [3.8, 4) is 5.75 Å². The zero-order chi connectivity index (χ0) is 11.8. The molecule has 4 heteroatoms. The van der Waals surface area contributed by atoms with Gasteiger partial charge in [-0.15, -0.1) is 0 Å². The molecule has 4 nitrogen and oxygen atoms in total. The molecule has 0 fully saturated rings. The number of nitrogens with one attached hydrogen (secondary N) is 1. The third-order valence-electron chi connectivity index (χ3n) is 2.02. The molecule has 1 N–H and O–H groups in total. The number of carbonyl (C=O) groups is 1. The highest BCUT2D eigenvalue weighted by Gasteiger charge is 2.01. The van der Waals surface area contributed by atoms with Gasteiger partial charge in [-0.1, -0.05) is 0 Å². The minimum atomic E-state index is -0.227. The maximum atomic E-state index is 11.0. The first-order valence-electron chi connectivity index (χ1n) is 5.32. The lowest BCUT2D eigenvalue weighted by Gasteiger charge is -2.06. The van der Waals surface area contributed by atoms with Crippen LogP contribution in [0.25, 0.3) is 0 Å². The molecule has 0 saturated heterocycles. The second-order valence-corrected chi connectivity index (χ2v) is 3.18. The molecule has 0 aliphatic rings. The Balaban J connectivity index is 2.29. The van der Waals surface area contributed by atoms with Crippen molar-refractivity contribution in [2.75, 3.05) is 25.6 Å². The summed E-state index contributed by atoms with van der Waals surface area (Å²) in [5, 5.41) is 3.02. The molecule has 0 aromatic heterocycles. The number of ether oxygens (including phenoxy) is 2. The average molecular weight is 223 g/mol. The van der Waals surface area contributed by atoms with Gasteiger partial charge in [0, 0.05) is 12.7 Å². The van der Waals surface area contributed by atoms with Crippen LogP contribution in [0.5, 0.6) is 5.75 Å². The molecule has 0 atom stereocenters. The molecular formula is C12H17NO3. The summed E-state index contributed by atoms with van der Waals surface area (Å²) in [7, 11) is 1.86. The van der Waals surface area contributed by atoms with E-state index in [2.05, 4.69) is 5.32 Å². The smallest absolute Gasteiger partial charge is 0.309 e. The van der Waals surface area contributed by atoms with E-state index < -0.39 is 0 Å². The fourth-order valence-electron chi connectivity index (χ4n) is 1.20. The number of carbonyl (C=O) groups excluding carboxylic acids is 1. The van der Waals surface area contributed by atoms with Gasteiger partial charge in [-0.25, -0.2) is 0 Å². The van der Waals surface area contributed by atoms with Crippen molar-refractivity contribution in [1.29, 1.82) is 0 Å². The van der Waals surface area contributed by atoms with E-state index in [-0.39, 0.29) is 12.4 Å². The zero-order valence-corrected chi connectivity index (χ0v) is 9.66. The van der Waals surface area contributed by atoms with E-state index in [1.807, 2.05) is 31.3 Å². The summed E-state index contributed by atoms with van der Waals surface area (Å²) < 4.78 is 10.2. The van der Waals surface area contributed by atoms with Gasteiger partial charge in [-0.3, -0.25) is 4.79 Å². The number of hydrogen-bond donors (Lipinski definition) is 1. The van der Waals surface area contributed by atoms with Crippen LogP contribution < -0.4 is 10.1 Å². The Bertz CT molecular complexity index is 322. The Kier molecular flexibility index (Phi) is 5.19. The zero-order valence-electron chi connectivity index (χ0n) is 9.66. The second kappa shape index (κ2) is 6.71. The van der Waals surface area contributed by atoms with Crippen LogP contribution in [-0.4, -0.2) is 26.2 Å². The lowest BCUT2D eigenvalue weighted by molar-refractivity contribution is -0.143. The Morgan fingerprint density at radius 1 is 1.31 bits per heavy atom. The summed E-state index contributed by atoms with van der Waals surface area (Å²) in [5.41, 5.74) is 1.03. The predicted molar refractivity (Wildman–Crippen MR) is 62.7 cm³/mol. The van der Waals surface area contributed by atoms with Crippen molar-refractivity contribution < 1.29 is 14.3 Å². The molecule has 16 heavy (non-hydrogen) atoms. The number of rotatable bonds is 6. The van der Waals surface area contributed by atoms with Crippen LogP contribution in [0.4, 0.5) is 5.69 Å². The van der Waals surface area contributed by atoms with E-state index in [4.69, 9.17) is 9.47 Å². The molecule has 0 aliphatic heterocycles. The van der Waals surface area contributed by atoms with E-state index in [0.29, 0.717) is 13.2 Å². The average Bonchev–Trinajstić information content (AvgIpc) is 2.30. The van der Waals surface area contributed by atoms with E-state index in [0.717, 1.165) is 11.4 Å². The van der Waals surface area contributed by atoms with E-state index in [9.17, 15) is 4.79 Å². The molecule has 88 valence electrons. The van der Waals surface area contributed by atoms with Gasteiger partial charge in [-0.05, 0) is 31.2 Å². The minimum absolute atomic E-state index is 0.227. The first kappa shape index (κ1) is 12.4. The molecular weight excluding hydrogens is 206 g/mol. The quantitative estimate of drug-likeness (QED) is 0.750. The Labute approximate surface area is 95.6 Å². The molecule has 0 saturated carbocycles. The lowest BCUT2D eigenvalue weighted by Crippen LogP contribution is -2.09. The molecule has 0 amide bonds. The summed E-state index contributed by atoms with van der Waals surface area (Å²) in [6, 6.07) is 7.55. The van der Waals surface area contributed by atoms with Crippen LogP contribution in [-0.2, 0) is 9.53 Å². The van der Waals surface area contributed by atoms with Crippen LogP contribution in [0.1, 0.15) is 13.3 Å². The molecule has 0 spiro atoms. The van der Waals surface area contributed by atoms with Crippen LogP contribution >= 0.6 is 0 Å². The van der Waals surface area contributed by atoms with Gasteiger partial charge in [0.25, 0.3) is 0 Å². The predicted octanol–water partition coefficient (Wildman–Crippen LogP) is 2.06. The third-order valence-corrected chi connectivity index (χ3v) is 2.02. The normalized spacial score (nSPS) is 9.62. The summed E-state index contributed by atoms with van der Waals surface area (Å²) in [6.45, 7) is 2.54. The SMILES string of the molecule is CCOC(=O)CCOc1ccc(NC)cc1. The van der Waals surface area contributed by atoms with Crippen molar-refractivity contribution in [1.82, 2.24) is 0 Å². The maximum Gasteiger partial charge on any atom is 0.309 e. The van der Waals surface area contributed by atoms with Crippen LogP contribution in [0.15, 0.2) is 24.3 Å². The molecule has 1 aromatic carbocycles. The minimum Gasteiger partial charge on any atom is -0.493 e. The lowest BCUT2D eigenvalue weighted by atomic mass is 10.3. The second-order valence-electron chi connectivity index (χ2n) is 3.18. The van der Waals surface area contributed by atoms with Gasteiger partial charge in [0.1, 0.15) is 5.75 Å². The van der Waals surface area contributed by atoms with Crippen molar-refractivity contribution in [2.45, 2.75) is 13.3 Å². The summed E-state index contributed by atoms with van der Waals surface area (Å²) in [6.07, 6.45) is 0.279. The third kappa shape index (κ3) is 4.21. The molecule has 1 rings (SSSR count). The first-order valence-corrected chi connectivity index (χ1v) is 5.32. The molecule has 0 bridgehead atoms. The number of hydrogen-bond acceptors (Lipinski definition) is 4. The van der Waals surface area contributed by atoms with Crippen LogP contribution in [0.2, 0.25) is 0 Å². The van der Waals surface area contributed by atoms with E-state index >= 15 is 0 Å². The molecule has 0 aliphatic carbocycles. The van der Waals surface area contributed by atoms with Crippen molar-refractivity contribution in [2.24, 2.45) is 0 Å². The molecule has 0 unspecified atom stereocenters. The largest absolute Gasteiger partial charge is 0.493 e. The van der Waals surface area contributed by atoms with Crippen molar-refractivity contribution in [3.05, 3.63) is 24.3 Å². The Morgan fingerprint density at radius 3 is 2.56 bits per heavy atom. The van der Waals surface area contributed by atoms with E-state index in [1.165, 1.54) is 0 Å². The molecule has 0 radical (unpaired) electrons. The number of esters is 1. The van der Waals surface area contributed by atoms with Crippen molar-refractivity contribution in [3.63, 3.8) is 0 Å². The van der Waals surface area contributed by atoms with Gasteiger partial charge in [0.15, 0.2) is 0 Å². The Hall–Kier alpha value is -1.71. The van der Waals surface area contributed by atoms with Crippen molar-refractivity contribution >= 4 is 11.7 Å². The topological polar surface area (TPSA) is 47.6 Å². The highest BCUT2D eigenvalue weighted by molar-refractivity contribution is 5.69. The fraction of sp³-hybridized carbons (Fsp3) is 0.417. The van der Waals surface area contributed by atoms with Gasteiger partial charge in [-0.2, -0.15) is 0 Å². The van der Waals surface area contributed by atoms with Gasteiger partial charge >= 0.3 is 5.97 Å². The van der Waals surface area contributed by atoms with Crippen LogP contribution in [0, 0.1) is 0 Å². The number of anilines is 1. The van der Waals surface area contributed by atoms with Crippen LogP contribution in [0.3, 0.4) is 0 Å². The molecule has 0 heterocycles. The standard InChI is InChI=1S/C12H17NO3/c1-3-15-12(14)8-9-16-11-6-4-10(13-2)5-7-11/h4-7,13H,3,8-9H2,1-2H3. The monoisotopic (exact) mass is 223 g/mol. The number of benzene rings is 1. The van der Waals surface area contributed by atoms with Gasteiger partial charge in [0.2, 0.25) is 0 Å². The first-order chi connectivity index (χ1) is 7.76. The maximum absolute atomic E-state index is 11.0. The van der Waals surface area contributed by atoms with Gasteiger partial charge in [0.05, 0.1) is 19.6 Å². The highest BCUT2D eigenvalue weighted by atomic mass is 16.5. The van der Waals surface area contributed by atoms with E-state index in [1.54, 1.807) is 6.92 Å². The fourth-order valence-corrected chi connectivity index (χ4v) is 1.20. The molecule has 1 aromatic rings.